The number of ether oxygens (including phenoxy) is 1. The number of urea groups is 1. The van der Waals surface area contributed by atoms with Gasteiger partial charge in [0.15, 0.2) is 12.3 Å². The van der Waals surface area contributed by atoms with Gasteiger partial charge >= 0.3 is 17.9 Å². The van der Waals surface area contributed by atoms with Crippen LogP contribution in [0.1, 0.15) is 29.8 Å². The van der Waals surface area contributed by atoms with E-state index >= 15 is 0 Å². The van der Waals surface area contributed by atoms with Crippen LogP contribution in [0.5, 0.6) is 0 Å². The summed E-state index contributed by atoms with van der Waals surface area (Å²) in [6, 6.07) is 14.1. The van der Waals surface area contributed by atoms with Crippen molar-refractivity contribution in [3.05, 3.63) is 65.7 Å². The molecule has 1 N–H and O–H groups in total. The number of rotatable bonds is 7. The van der Waals surface area contributed by atoms with Crippen molar-refractivity contribution >= 4 is 40.9 Å². The summed E-state index contributed by atoms with van der Waals surface area (Å²) in [5, 5.41) is 8.82. The lowest BCUT2D eigenvalue weighted by atomic mass is 10.0. The van der Waals surface area contributed by atoms with Crippen LogP contribution in [0.15, 0.2) is 59.7 Å². The number of anilines is 1. The van der Waals surface area contributed by atoms with E-state index in [1.807, 2.05) is 37.3 Å². The Bertz CT molecular complexity index is 1240. The first-order valence-corrected chi connectivity index (χ1v) is 11.2. The maximum absolute atomic E-state index is 13.5. The lowest BCUT2D eigenvalue weighted by Gasteiger charge is -2.28. The molecule has 35 heavy (non-hydrogen) atoms. The molecule has 0 fully saturated rings. The van der Waals surface area contributed by atoms with Crippen LogP contribution in [-0.4, -0.2) is 76.0 Å². The topological polar surface area (TPSA) is 111 Å². The average Bonchev–Trinajstić information content (AvgIpc) is 3.21. The number of fused-ring (bicyclic) bond motifs is 1. The zero-order chi connectivity index (χ0) is 25.1. The smallest absolute Gasteiger partial charge is 0.465 e. The number of carbonyl (C=O) groups excluding carboxylic acids is 4. The van der Waals surface area contributed by atoms with Gasteiger partial charge in [0.25, 0.3) is 5.91 Å². The number of carbonyl (C=O) groups is 4. The van der Waals surface area contributed by atoms with Gasteiger partial charge in [0.2, 0.25) is 6.04 Å². The van der Waals surface area contributed by atoms with Crippen LogP contribution in [0, 0.1) is 0 Å². The number of nitrogens with one attached hydrogen (secondary N) is 1. The second-order valence-corrected chi connectivity index (χ2v) is 8.12. The molecule has 0 aromatic heterocycles. The van der Waals surface area contributed by atoms with Gasteiger partial charge in [0, 0.05) is 12.2 Å². The summed E-state index contributed by atoms with van der Waals surface area (Å²) in [6.45, 7) is 3.86. The Hall–Kier alpha value is -4.34. The molecule has 2 aliphatic heterocycles. The summed E-state index contributed by atoms with van der Waals surface area (Å²) in [5.41, 5.74) is 2.54. The van der Waals surface area contributed by atoms with E-state index in [0.29, 0.717) is 29.2 Å². The zero-order valence-corrected chi connectivity index (χ0v) is 19.7. The highest BCUT2D eigenvalue weighted by Gasteiger charge is 2.54. The lowest BCUT2D eigenvalue weighted by Crippen LogP contribution is -2.61. The third kappa shape index (κ3) is 4.68. The Morgan fingerprint density at radius 2 is 1.77 bits per heavy atom. The highest BCUT2D eigenvalue weighted by atomic mass is 16.5. The molecule has 0 radical (unpaired) electrons. The first kappa shape index (κ1) is 23.8. The van der Waals surface area contributed by atoms with Gasteiger partial charge in [-0.25, -0.2) is 9.59 Å². The molecule has 1 unspecified atom stereocenters. The van der Waals surface area contributed by atoms with Crippen LogP contribution in [0.3, 0.4) is 0 Å². The second-order valence-electron chi connectivity index (χ2n) is 8.12. The number of imide groups is 1. The Balaban J connectivity index is 1.61. The van der Waals surface area contributed by atoms with Gasteiger partial charge in [0.1, 0.15) is 12.3 Å². The van der Waals surface area contributed by atoms with Crippen molar-refractivity contribution in [3.63, 3.8) is 0 Å². The second kappa shape index (κ2) is 9.88. The monoisotopic (exact) mass is 476 g/mol. The molecule has 0 saturated heterocycles. The molecule has 2 aromatic carbocycles. The number of methoxy groups -OCH3 is 1. The molecular weight excluding hydrogens is 450 g/mol. The average molecular weight is 477 g/mol. The summed E-state index contributed by atoms with van der Waals surface area (Å²) in [6.07, 6.45) is 0. The first-order valence-electron chi connectivity index (χ1n) is 11.2. The van der Waals surface area contributed by atoms with Gasteiger partial charge in [-0.2, -0.15) is 19.4 Å². The van der Waals surface area contributed by atoms with E-state index < -0.39 is 23.9 Å². The molecule has 10 nitrogen and oxygen atoms in total. The molecule has 180 valence electrons. The van der Waals surface area contributed by atoms with Crippen molar-refractivity contribution in [3.8, 4) is 0 Å². The number of amides is 4. The van der Waals surface area contributed by atoms with E-state index in [1.165, 1.54) is 28.7 Å². The number of nitrogens with zero attached hydrogens (tertiary/aromatic N) is 4. The SMILES string of the molecule is CCN1N=C(C)C2=[N+](CC(=O)Nc3ccc(C(=O)OC)cc3)C(=O)N(Cc3ccccc3)C(=O)C21. The number of hydrazone groups is 1. The normalized spacial score (nSPS) is 17.3. The van der Waals surface area contributed by atoms with Crippen molar-refractivity contribution < 1.29 is 28.5 Å². The minimum absolute atomic E-state index is 0.0893. The summed E-state index contributed by atoms with van der Waals surface area (Å²) >= 11 is 0. The Kier molecular flexibility index (Phi) is 6.72. The van der Waals surface area contributed by atoms with Crippen molar-refractivity contribution in [1.82, 2.24) is 9.91 Å². The molecule has 0 aliphatic carbocycles. The maximum atomic E-state index is 13.5. The summed E-state index contributed by atoms with van der Waals surface area (Å²) < 4.78 is 6.00. The molecule has 4 rings (SSSR count). The third-order valence-electron chi connectivity index (χ3n) is 5.86. The third-order valence-corrected chi connectivity index (χ3v) is 5.86. The van der Waals surface area contributed by atoms with E-state index in [9.17, 15) is 19.2 Å². The molecule has 2 aliphatic rings. The number of hydrogen-bond donors (Lipinski definition) is 1. The van der Waals surface area contributed by atoms with E-state index in [2.05, 4.69) is 15.2 Å². The zero-order valence-electron chi connectivity index (χ0n) is 19.7. The van der Waals surface area contributed by atoms with Gasteiger partial charge in [-0.15, -0.1) is 0 Å². The van der Waals surface area contributed by atoms with Gasteiger partial charge in [-0.05, 0) is 43.7 Å². The molecule has 4 amide bonds. The molecule has 0 bridgehead atoms. The lowest BCUT2D eigenvalue weighted by molar-refractivity contribution is -0.427. The van der Waals surface area contributed by atoms with Gasteiger partial charge in [-0.1, -0.05) is 30.3 Å². The maximum Gasteiger partial charge on any atom is 0.501 e. The molecule has 1 atom stereocenters. The van der Waals surface area contributed by atoms with E-state index in [-0.39, 0.29) is 19.0 Å². The quantitative estimate of drug-likeness (QED) is 0.484. The fourth-order valence-electron chi connectivity index (χ4n) is 4.19. The highest BCUT2D eigenvalue weighted by molar-refractivity contribution is 6.48. The summed E-state index contributed by atoms with van der Waals surface area (Å²) in [7, 11) is 1.29. The summed E-state index contributed by atoms with van der Waals surface area (Å²) in [4.78, 5) is 52.6. The predicted octanol–water partition coefficient (Wildman–Crippen LogP) is 2.11. The number of esters is 1. The highest BCUT2D eigenvalue weighted by Crippen LogP contribution is 2.23. The molecule has 0 spiro atoms. The summed E-state index contributed by atoms with van der Waals surface area (Å²) in [5.74, 6) is -1.30. The van der Waals surface area contributed by atoms with Crippen LogP contribution < -0.4 is 5.32 Å². The largest absolute Gasteiger partial charge is 0.501 e. The van der Waals surface area contributed by atoms with Crippen LogP contribution in [-0.2, 0) is 20.9 Å². The fourth-order valence-corrected chi connectivity index (χ4v) is 4.19. The minimum Gasteiger partial charge on any atom is -0.465 e. The van der Waals surface area contributed by atoms with Crippen molar-refractivity contribution in [2.45, 2.75) is 26.4 Å². The predicted molar refractivity (Wildman–Crippen MR) is 128 cm³/mol. The first-order chi connectivity index (χ1) is 16.8. The molecule has 2 heterocycles. The van der Waals surface area contributed by atoms with Crippen molar-refractivity contribution in [2.24, 2.45) is 5.10 Å². The van der Waals surface area contributed by atoms with Crippen LogP contribution in [0.25, 0.3) is 0 Å². The van der Waals surface area contributed by atoms with E-state index in [0.717, 1.165) is 5.56 Å². The van der Waals surface area contributed by atoms with E-state index in [1.54, 1.807) is 24.1 Å². The van der Waals surface area contributed by atoms with Crippen LogP contribution in [0.2, 0.25) is 0 Å². The van der Waals surface area contributed by atoms with Crippen molar-refractivity contribution in [2.75, 3.05) is 25.5 Å². The van der Waals surface area contributed by atoms with Gasteiger partial charge in [0.05, 0.1) is 12.7 Å². The molecular formula is C25H26N5O5+. The molecule has 10 heteroatoms. The molecule has 2 aromatic rings. The number of likely N-dealkylation sites (N-methyl/N-ethyl adjacent to an activating group) is 1. The number of hydrogen-bond acceptors (Lipinski definition) is 7. The van der Waals surface area contributed by atoms with Gasteiger partial charge < -0.3 is 10.1 Å². The van der Waals surface area contributed by atoms with Crippen molar-refractivity contribution in [1.29, 1.82) is 0 Å². The van der Waals surface area contributed by atoms with E-state index in [4.69, 9.17) is 0 Å². The standard InChI is InChI=1S/C25H25N5O5/c1-4-30-22-21(16(2)27-30)28(25(34)29(23(22)32)14-17-8-6-5-7-9-17)15-20(31)26-19-12-10-18(11-13-19)24(33)35-3/h5-13,22H,4,14-15H2,1-3H3/p+1. The molecule has 0 saturated carbocycles. The Labute approximate surface area is 202 Å². The number of benzene rings is 2. The Morgan fingerprint density at radius 1 is 1.09 bits per heavy atom. The minimum atomic E-state index is -0.770. The van der Waals surface area contributed by atoms with Crippen LogP contribution >= 0.6 is 0 Å². The Morgan fingerprint density at radius 3 is 2.40 bits per heavy atom. The fraction of sp³-hybridized carbons (Fsp3) is 0.280. The van der Waals surface area contributed by atoms with Gasteiger partial charge in [-0.3, -0.25) is 9.80 Å². The van der Waals surface area contributed by atoms with Crippen LogP contribution in [0.4, 0.5) is 10.5 Å².